The number of pyridine rings is 1. The number of rotatable bonds is 6. The van der Waals surface area contributed by atoms with Crippen LogP contribution >= 0.6 is 12.4 Å². The first kappa shape index (κ1) is 22.4. The Bertz CT molecular complexity index is 1080. The second kappa shape index (κ2) is 9.71. The van der Waals surface area contributed by atoms with Crippen LogP contribution in [0.4, 0.5) is 18.9 Å². The van der Waals surface area contributed by atoms with Crippen molar-refractivity contribution < 1.29 is 22.7 Å². The summed E-state index contributed by atoms with van der Waals surface area (Å²) in [5.41, 5.74) is -1.30. The third kappa shape index (κ3) is 4.92. The highest BCUT2D eigenvalue weighted by atomic mass is 35.5. The number of carbonyl (C=O) groups excluding carboxylic acids is 1. The molecule has 0 saturated carbocycles. The predicted octanol–water partition coefficient (Wildman–Crippen LogP) is 3.23. The summed E-state index contributed by atoms with van der Waals surface area (Å²) < 4.78 is 47.9. The summed E-state index contributed by atoms with van der Waals surface area (Å²) in [7, 11) is 0. The molecule has 0 atom stereocenters. The quantitative estimate of drug-likeness (QED) is 0.598. The minimum Gasteiger partial charge on any atom is -0.476 e. The van der Waals surface area contributed by atoms with Gasteiger partial charge in [0.05, 0.1) is 18.4 Å². The average Bonchev–Trinajstić information content (AvgIpc) is 2.69. The van der Waals surface area contributed by atoms with Crippen LogP contribution in [0.5, 0.6) is 5.88 Å². The molecule has 0 bridgehead atoms. The monoisotopic (exact) mass is 451 g/mol. The molecule has 1 aliphatic rings. The number of aromatic nitrogens is 3. The molecular weight excluding hydrogens is 435 g/mol. The Labute approximate surface area is 181 Å². The zero-order valence-electron chi connectivity index (χ0n) is 15.9. The van der Waals surface area contributed by atoms with E-state index in [0.29, 0.717) is 12.5 Å². The number of halogens is 4. The summed E-state index contributed by atoms with van der Waals surface area (Å²) in [4.78, 5) is 24.3. The van der Waals surface area contributed by atoms with E-state index in [4.69, 9.17) is 4.74 Å². The lowest BCUT2D eigenvalue weighted by Gasteiger charge is -2.26. The van der Waals surface area contributed by atoms with Crippen LogP contribution in [0.3, 0.4) is 0 Å². The standard InChI is InChI=1S/C20H16F3N5O2.ClH/c21-12-2-1-3-13(22)17(12)18-14(23)4-5-15(27-18)19(29)28-16-8-25-10-26-20(16)30-9-11-6-24-7-11;/h1-5,8,10-11,24H,6-7,9H2,(H,28,29);1H. The van der Waals surface area contributed by atoms with Crippen molar-refractivity contribution in [1.29, 1.82) is 0 Å². The van der Waals surface area contributed by atoms with Gasteiger partial charge in [-0.15, -0.1) is 12.4 Å². The van der Waals surface area contributed by atoms with Crippen molar-refractivity contribution in [3.8, 4) is 17.1 Å². The number of nitrogens with zero attached hydrogens (tertiary/aromatic N) is 3. The summed E-state index contributed by atoms with van der Waals surface area (Å²) in [5, 5.41) is 5.66. The molecule has 3 aromatic rings. The smallest absolute Gasteiger partial charge is 0.274 e. The van der Waals surface area contributed by atoms with Gasteiger partial charge in [0.1, 0.15) is 40.9 Å². The fourth-order valence-electron chi connectivity index (χ4n) is 2.84. The molecule has 1 fully saturated rings. The average molecular weight is 452 g/mol. The molecule has 1 aliphatic heterocycles. The van der Waals surface area contributed by atoms with Crippen LogP contribution < -0.4 is 15.4 Å². The number of hydrogen-bond acceptors (Lipinski definition) is 6. The highest BCUT2D eigenvalue weighted by molar-refractivity contribution is 6.03. The van der Waals surface area contributed by atoms with Gasteiger partial charge in [0.25, 0.3) is 5.91 Å². The van der Waals surface area contributed by atoms with Crippen LogP contribution in [0.25, 0.3) is 11.3 Å². The number of ether oxygens (including phenoxy) is 1. The summed E-state index contributed by atoms with van der Waals surface area (Å²) in [5.74, 6) is -3.16. The molecule has 0 aliphatic carbocycles. The predicted molar refractivity (Wildman–Crippen MR) is 109 cm³/mol. The Morgan fingerprint density at radius 2 is 1.87 bits per heavy atom. The van der Waals surface area contributed by atoms with E-state index in [1.807, 2.05) is 0 Å². The number of amides is 1. The van der Waals surface area contributed by atoms with Gasteiger partial charge in [-0.25, -0.2) is 23.1 Å². The van der Waals surface area contributed by atoms with Crippen LogP contribution in [-0.2, 0) is 0 Å². The van der Waals surface area contributed by atoms with Gasteiger partial charge in [-0.3, -0.25) is 4.79 Å². The van der Waals surface area contributed by atoms with Crippen LogP contribution in [0, 0.1) is 23.4 Å². The van der Waals surface area contributed by atoms with Crippen LogP contribution in [0.1, 0.15) is 10.5 Å². The van der Waals surface area contributed by atoms with E-state index < -0.39 is 34.6 Å². The first-order valence-corrected chi connectivity index (χ1v) is 9.08. The third-order valence-electron chi connectivity index (χ3n) is 4.52. The Hall–Kier alpha value is -3.24. The molecule has 1 amide bonds. The van der Waals surface area contributed by atoms with E-state index >= 15 is 0 Å². The SMILES string of the molecule is Cl.O=C(Nc1cncnc1OCC1CNC1)c1ccc(F)c(-c2c(F)cccc2F)n1. The van der Waals surface area contributed by atoms with Crippen LogP contribution in [0.2, 0.25) is 0 Å². The maximum absolute atomic E-state index is 14.2. The number of anilines is 1. The molecule has 0 radical (unpaired) electrons. The first-order valence-electron chi connectivity index (χ1n) is 9.08. The lowest BCUT2D eigenvalue weighted by Crippen LogP contribution is -2.45. The molecule has 3 heterocycles. The minimum absolute atomic E-state index is 0. The molecule has 31 heavy (non-hydrogen) atoms. The van der Waals surface area contributed by atoms with Gasteiger partial charge in [0.2, 0.25) is 5.88 Å². The van der Waals surface area contributed by atoms with E-state index in [1.165, 1.54) is 12.5 Å². The van der Waals surface area contributed by atoms with Crippen LogP contribution in [0.15, 0.2) is 42.9 Å². The highest BCUT2D eigenvalue weighted by Crippen LogP contribution is 2.27. The first-order chi connectivity index (χ1) is 14.5. The number of carbonyl (C=O) groups is 1. The summed E-state index contributed by atoms with van der Waals surface area (Å²) in [6.07, 6.45) is 2.62. The van der Waals surface area contributed by atoms with Crippen LogP contribution in [-0.4, -0.2) is 40.6 Å². The maximum atomic E-state index is 14.2. The van der Waals surface area contributed by atoms with Crippen molar-refractivity contribution in [3.63, 3.8) is 0 Å². The van der Waals surface area contributed by atoms with Crippen molar-refractivity contribution in [2.45, 2.75) is 0 Å². The Kier molecular flexibility index (Phi) is 7.03. The minimum atomic E-state index is -0.989. The normalized spacial score (nSPS) is 13.1. The zero-order valence-corrected chi connectivity index (χ0v) is 16.8. The van der Waals surface area contributed by atoms with Gasteiger partial charge in [-0.2, -0.15) is 4.98 Å². The van der Waals surface area contributed by atoms with Gasteiger partial charge in [-0.05, 0) is 24.3 Å². The van der Waals surface area contributed by atoms with E-state index in [9.17, 15) is 18.0 Å². The van der Waals surface area contributed by atoms with Gasteiger partial charge < -0.3 is 15.4 Å². The van der Waals surface area contributed by atoms with Gasteiger partial charge in [-0.1, -0.05) is 6.07 Å². The van der Waals surface area contributed by atoms with Crippen molar-refractivity contribution >= 4 is 24.0 Å². The number of benzene rings is 1. The van der Waals surface area contributed by atoms with Crippen molar-refractivity contribution in [2.75, 3.05) is 25.0 Å². The molecule has 2 N–H and O–H groups in total. The maximum Gasteiger partial charge on any atom is 0.274 e. The summed E-state index contributed by atoms with van der Waals surface area (Å²) >= 11 is 0. The van der Waals surface area contributed by atoms with Gasteiger partial charge in [0.15, 0.2) is 0 Å². The third-order valence-corrected chi connectivity index (χ3v) is 4.52. The second-order valence-corrected chi connectivity index (χ2v) is 6.65. The number of nitrogens with one attached hydrogen (secondary N) is 2. The molecule has 1 saturated heterocycles. The Balaban J connectivity index is 0.00000272. The van der Waals surface area contributed by atoms with Crippen molar-refractivity contribution in [2.24, 2.45) is 5.92 Å². The van der Waals surface area contributed by atoms with E-state index in [2.05, 4.69) is 25.6 Å². The molecular formula is C20H17ClF3N5O2. The highest BCUT2D eigenvalue weighted by Gasteiger charge is 2.21. The molecule has 162 valence electrons. The number of hydrogen-bond donors (Lipinski definition) is 2. The molecule has 4 rings (SSSR count). The molecule has 11 heteroatoms. The topological polar surface area (TPSA) is 89.0 Å². The fraction of sp³-hybridized carbons (Fsp3) is 0.200. The van der Waals surface area contributed by atoms with E-state index in [-0.39, 0.29) is 29.7 Å². The summed E-state index contributed by atoms with van der Waals surface area (Å²) in [6.45, 7) is 2.09. The van der Waals surface area contributed by atoms with Gasteiger partial charge >= 0.3 is 0 Å². The summed E-state index contributed by atoms with van der Waals surface area (Å²) in [6, 6.07) is 5.14. The molecule has 7 nitrogen and oxygen atoms in total. The molecule has 2 aromatic heterocycles. The molecule has 0 unspecified atom stereocenters. The van der Waals surface area contributed by atoms with Crippen molar-refractivity contribution in [1.82, 2.24) is 20.3 Å². The zero-order chi connectivity index (χ0) is 21.1. The lowest BCUT2D eigenvalue weighted by molar-refractivity contribution is 0.102. The van der Waals surface area contributed by atoms with E-state index in [1.54, 1.807) is 0 Å². The van der Waals surface area contributed by atoms with Crippen molar-refractivity contribution in [3.05, 3.63) is 66.0 Å². The molecule has 0 spiro atoms. The fourth-order valence-corrected chi connectivity index (χ4v) is 2.84. The largest absolute Gasteiger partial charge is 0.476 e. The van der Waals surface area contributed by atoms with Gasteiger partial charge in [0, 0.05) is 19.0 Å². The lowest BCUT2D eigenvalue weighted by atomic mass is 10.1. The van der Waals surface area contributed by atoms with E-state index in [0.717, 1.165) is 43.4 Å². The Morgan fingerprint density at radius 3 is 2.55 bits per heavy atom. The Morgan fingerprint density at radius 1 is 1.13 bits per heavy atom. The second-order valence-electron chi connectivity index (χ2n) is 6.65. The molecule has 1 aromatic carbocycles.